The van der Waals surface area contributed by atoms with E-state index in [0.717, 1.165) is 4.90 Å². The normalized spacial score (nSPS) is 13.3. The lowest BCUT2D eigenvalue weighted by molar-refractivity contribution is 0.0600. The molecular formula is C15H10N2O4. The van der Waals surface area contributed by atoms with Crippen molar-refractivity contribution >= 4 is 23.5 Å². The topological polar surface area (TPSA) is 76.6 Å². The van der Waals surface area contributed by atoms with E-state index in [0.29, 0.717) is 11.3 Å². The Bertz CT molecular complexity index is 718. The maximum Gasteiger partial charge on any atom is 0.337 e. The van der Waals surface area contributed by atoms with Crippen molar-refractivity contribution in [2.24, 2.45) is 0 Å². The van der Waals surface area contributed by atoms with E-state index in [1.54, 1.807) is 12.1 Å². The smallest absolute Gasteiger partial charge is 0.337 e. The van der Waals surface area contributed by atoms with Crippen molar-refractivity contribution in [1.29, 1.82) is 0 Å². The number of rotatable bonds is 2. The van der Waals surface area contributed by atoms with E-state index in [2.05, 4.69) is 9.72 Å². The van der Waals surface area contributed by atoms with E-state index < -0.39 is 17.8 Å². The van der Waals surface area contributed by atoms with Crippen LogP contribution >= 0.6 is 0 Å². The minimum atomic E-state index is -0.481. The summed E-state index contributed by atoms with van der Waals surface area (Å²) in [4.78, 5) is 40.8. The molecule has 0 unspecified atom stereocenters. The Kier molecular flexibility index (Phi) is 2.98. The third kappa shape index (κ3) is 1.97. The Balaban J connectivity index is 1.97. The summed E-state index contributed by atoms with van der Waals surface area (Å²) < 4.78 is 4.60. The number of carbonyl (C=O) groups is 3. The van der Waals surface area contributed by atoms with Crippen LogP contribution in [0, 0.1) is 0 Å². The minimum absolute atomic E-state index is 0.138. The molecule has 2 amide bonds. The SMILES string of the molecule is COC(=O)c1ccc(N2C(=O)c3cccnc3C2=O)cc1. The number of anilines is 1. The maximum absolute atomic E-state index is 12.3. The molecule has 0 atom stereocenters. The first-order valence-corrected chi connectivity index (χ1v) is 6.15. The molecule has 6 heteroatoms. The summed E-state index contributed by atoms with van der Waals surface area (Å²) in [5, 5.41) is 0. The summed E-state index contributed by atoms with van der Waals surface area (Å²) in [6.45, 7) is 0. The third-order valence-electron chi connectivity index (χ3n) is 3.19. The molecule has 0 aliphatic carbocycles. The molecule has 21 heavy (non-hydrogen) atoms. The number of esters is 1. The number of hydrogen-bond acceptors (Lipinski definition) is 5. The zero-order valence-corrected chi connectivity index (χ0v) is 11.1. The van der Waals surface area contributed by atoms with Crippen LogP contribution in [-0.2, 0) is 4.74 Å². The average Bonchev–Trinajstić information content (AvgIpc) is 2.79. The number of benzene rings is 1. The first kappa shape index (κ1) is 13.0. The van der Waals surface area contributed by atoms with Gasteiger partial charge in [0, 0.05) is 6.20 Å². The lowest BCUT2D eigenvalue weighted by Crippen LogP contribution is -2.29. The lowest BCUT2D eigenvalue weighted by Gasteiger charge is -2.13. The molecule has 1 aliphatic heterocycles. The fourth-order valence-corrected chi connectivity index (χ4v) is 2.17. The van der Waals surface area contributed by atoms with Crippen molar-refractivity contribution in [1.82, 2.24) is 4.98 Å². The molecule has 1 aromatic heterocycles. The number of methoxy groups -OCH3 is 1. The Labute approximate surface area is 120 Å². The van der Waals surface area contributed by atoms with Crippen LogP contribution in [0.1, 0.15) is 31.2 Å². The van der Waals surface area contributed by atoms with E-state index in [1.807, 2.05) is 0 Å². The predicted octanol–water partition coefficient (Wildman–Crippen LogP) is 1.67. The van der Waals surface area contributed by atoms with Gasteiger partial charge in [0.2, 0.25) is 0 Å². The highest BCUT2D eigenvalue weighted by Gasteiger charge is 2.37. The lowest BCUT2D eigenvalue weighted by atomic mass is 10.2. The predicted molar refractivity (Wildman–Crippen MR) is 73.2 cm³/mol. The molecule has 0 fully saturated rings. The molecule has 2 aromatic rings. The van der Waals surface area contributed by atoms with Gasteiger partial charge in [-0.1, -0.05) is 0 Å². The number of pyridine rings is 1. The van der Waals surface area contributed by atoms with Gasteiger partial charge in [-0.2, -0.15) is 0 Å². The molecule has 1 aromatic carbocycles. The van der Waals surface area contributed by atoms with Gasteiger partial charge in [0.05, 0.1) is 23.9 Å². The van der Waals surface area contributed by atoms with Crippen molar-refractivity contribution in [2.75, 3.05) is 12.0 Å². The van der Waals surface area contributed by atoms with Crippen molar-refractivity contribution < 1.29 is 19.1 Å². The monoisotopic (exact) mass is 282 g/mol. The van der Waals surface area contributed by atoms with Crippen molar-refractivity contribution in [3.8, 4) is 0 Å². The number of hydrogen-bond donors (Lipinski definition) is 0. The Morgan fingerprint density at radius 2 is 1.81 bits per heavy atom. The zero-order valence-electron chi connectivity index (χ0n) is 11.1. The van der Waals surface area contributed by atoms with Crippen LogP contribution in [0.2, 0.25) is 0 Å². The fraction of sp³-hybridized carbons (Fsp3) is 0.0667. The van der Waals surface area contributed by atoms with Crippen LogP contribution in [0.3, 0.4) is 0 Å². The molecular weight excluding hydrogens is 272 g/mol. The molecule has 6 nitrogen and oxygen atoms in total. The number of fused-ring (bicyclic) bond motifs is 1. The van der Waals surface area contributed by atoms with Gasteiger partial charge in [0.15, 0.2) is 0 Å². The van der Waals surface area contributed by atoms with Crippen LogP contribution in [0.25, 0.3) is 0 Å². The minimum Gasteiger partial charge on any atom is -0.465 e. The Morgan fingerprint density at radius 3 is 2.43 bits per heavy atom. The standard InChI is InChI=1S/C15H10N2O4/c1-21-15(20)9-4-6-10(7-5-9)17-13(18)11-3-2-8-16-12(11)14(17)19/h2-8H,1H3. The molecule has 1 aliphatic rings. The largest absolute Gasteiger partial charge is 0.465 e. The molecule has 0 saturated heterocycles. The first-order valence-electron chi connectivity index (χ1n) is 6.15. The quantitative estimate of drug-likeness (QED) is 0.618. The highest BCUT2D eigenvalue weighted by atomic mass is 16.5. The van der Waals surface area contributed by atoms with Crippen molar-refractivity contribution in [2.45, 2.75) is 0 Å². The second kappa shape index (κ2) is 4.82. The number of ether oxygens (including phenoxy) is 1. The highest BCUT2D eigenvalue weighted by molar-refractivity contribution is 6.33. The van der Waals surface area contributed by atoms with Gasteiger partial charge in [-0.05, 0) is 36.4 Å². The number of amides is 2. The van der Waals surface area contributed by atoms with Crippen LogP contribution in [0.15, 0.2) is 42.6 Å². The Morgan fingerprint density at radius 1 is 1.10 bits per heavy atom. The van der Waals surface area contributed by atoms with E-state index in [9.17, 15) is 14.4 Å². The van der Waals surface area contributed by atoms with Gasteiger partial charge >= 0.3 is 5.97 Å². The summed E-state index contributed by atoms with van der Waals surface area (Å²) in [5.41, 5.74) is 1.14. The molecule has 3 rings (SSSR count). The number of carbonyl (C=O) groups excluding carboxylic acids is 3. The van der Waals surface area contributed by atoms with Crippen molar-refractivity contribution in [3.63, 3.8) is 0 Å². The van der Waals surface area contributed by atoms with E-state index in [4.69, 9.17) is 0 Å². The van der Waals surface area contributed by atoms with Gasteiger partial charge in [-0.3, -0.25) is 14.6 Å². The highest BCUT2D eigenvalue weighted by Crippen LogP contribution is 2.27. The molecule has 0 N–H and O–H groups in total. The van der Waals surface area contributed by atoms with Gasteiger partial charge in [-0.25, -0.2) is 9.69 Å². The number of aromatic nitrogens is 1. The Hall–Kier alpha value is -3.02. The van der Waals surface area contributed by atoms with E-state index >= 15 is 0 Å². The van der Waals surface area contributed by atoms with Crippen LogP contribution in [0.4, 0.5) is 5.69 Å². The fourth-order valence-electron chi connectivity index (χ4n) is 2.17. The molecule has 0 radical (unpaired) electrons. The van der Waals surface area contributed by atoms with Gasteiger partial charge in [0.25, 0.3) is 11.8 Å². The molecule has 0 saturated carbocycles. The second-order valence-electron chi connectivity index (χ2n) is 4.38. The van der Waals surface area contributed by atoms with E-state index in [-0.39, 0.29) is 11.3 Å². The summed E-state index contributed by atoms with van der Waals surface area (Å²) in [6, 6.07) is 9.21. The molecule has 104 valence electrons. The third-order valence-corrected chi connectivity index (χ3v) is 3.19. The molecule has 2 heterocycles. The average molecular weight is 282 g/mol. The van der Waals surface area contributed by atoms with Crippen LogP contribution in [-0.4, -0.2) is 29.9 Å². The van der Waals surface area contributed by atoms with Gasteiger partial charge in [0.1, 0.15) is 5.69 Å². The molecule has 0 spiro atoms. The summed E-state index contributed by atoms with van der Waals surface area (Å²) in [5.74, 6) is -1.37. The van der Waals surface area contributed by atoms with Crippen LogP contribution < -0.4 is 4.90 Å². The number of imide groups is 1. The summed E-state index contributed by atoms with van der Waals surface area (Å²) >= 11 is 0. The summed E-state index contributed by atoms with van der Waals surface area (Å²) in [6.07, 6.45) is 1.47. The number of nitrogens with zero attached hydrogens (tertiary/aromatic N) is 2. The second-order valence-corrected chi connectivity index (χ2v) is 4.38. The van der Waals surface area contributed by atoms with Crippen molar-refractivity contribution in [3.05, 3.63) is 59.4 Å². The summed E-state index contributed by atoms with van der Waals surface area (Å²) in [7, 11) is 1.28. The maximum atomic E-state index is 12.3. The van der Waals surface area contributed by atoms with Crippen LogP contribution in [0.5, 0.6) is 0 Å². The first-order chi connectivity index (χ1) is 10.1. The van der Waals surface area contributed by atoms with Gasteiger partial charge in [-0.15, -0.1) is 0 Å². The molecule has 0 bridgehead atoms. The van der Waals surface area contributed by atoms with Gasteiger partial charge < -0.3 is 4.74 Å². The zero-order chi connectivity index (χ0) is 15.0. The van der Waals surface area contributed by atoms with E-state index in [1.165, 1.54) is 37.6 Å².